The largest absolute Gasteiger partial charge is 0.356 e. The van der Waals surface area contributed by atoms with Gasteiger partial charge in [-0.25, -0.2) is 17.7 Å². The van der Waals surface area contributed by atoms with Gasteiger partial charge in [-0.3, -0.25) is 0 Å². The van der Waals surface area contributed by atoms with Crippen molar-refractivity contribution in [3.8, 4) is 0 Å². The van der Waals surface area contributed by atoms with Gasteiger partial charge in [0.1, 0.15) is 0 Å². The average molecular weight is 260 g/mol. The van der Waals surface area contributed by atoms with Crippen LogP contribution in [0.25, 0.3) is 0 Å². The predicted octanol–water partition coefficient (Wildman–Crippen LogP) is 0.504. The van der Waals surface area contributed by atoms with Gasteiger partial charge in [0.2, 0.25) is 16.0 Å². The number of hydrogen-bond donors (Lipinski definition) is 1. The molecule has 0 spiro atoms. The van der Waals surface area contributed by atoms with Crippen LogP contribution in [0.3, 0.4) is 0 Å². The number of nitrogens with one attached hydrogen (secondary N) is 1. The standard InChI is InChI=1S/C10H20N4O2S/c1-4-14(17(3,15)16)8-5-6-11-10-12-7-9-13(10)2/h7,9H,4-6,8H2,1-3H3,(H,11,12). The Kier molecular flexibility index (Phi) is 4.95. The third-order valence-corrected chi connectivity index (χ3v) is 3.89. The minimum absolute atomic E-state index is 0.515. The Labute approximate surface area is 103 Å². The molecular weight excluding hydrogens is 240 g/mol. The zero-order valence-electron chi connectivity index (χ0n) is 10.5. The van der Waals surface area contributed by atoms with Gasteiger partial charge >= 0.3 is 0 Å². The summed E-state index contributed by atoms with van der Waals surface area (Å²) >= 11 is 0. The van der Waals surface area contributed by atoms with E-state index in [4.69, 9.17) is 0 Å². The summed E-state index contributed by atoms with van der Waals surface area (Å²) in [6, 6.07) is 0. The van der Waals surface area contributed by atoms with Gasteiger partial charge in [-0.1, -0.05) is 6.92 Å². The highest BCUT2D eigenvalue weighted by Crippen LogP contribution is 2.02. The van der Waals surface area contributed by atoms with E-state index in [1.807, 2.05) is 24.7 Å². The number of anilines is 1. The maximum absolute atomic E-state index is 11.3. The lowest BCUT2D eigenvalue weighted by Crippen LogP contribution is -2.31. The molecule has 0 fully saturated rings. The highest BCUT2D eigenvalue weighted by molar-refractivity contribution is 7.88. The second kappa shape index (κ2) is 6.02. The number of hydrogen-bond acceptors (Lipinski definition) is 4. The molecule has 1 rings (SSSR count). The van der Waals surface area contributed by atoms with Crippen LogP contribution in [0, 0.1) is 0 Å². The Bertz CT molecular complexity index is 441. The van der Waals surface area contributed by atoms with Gasteiger partial charge in [0.15, 0.2) is 0 Å². The second-order valence-electron chi connectivity index (χ2n) is 3.90. The zero-order chi connectivity index (χ0) is 12.9. The molecule has 1 N–H and O–H groups in total. The molecule has 6 nitrogen and oxygen atoms in total. The minimum atomic E-state index is -3.07. The molecule has 98 valence electrons. The summed E-state index contributed by atoms with van der Waals surface area (Å²) in [6.45, 7) is 3.60. The number of sulfonamides is 1. The fraction of sp³-hybridized carbons (Fsp3) is 0.700. The van der Waals surface area contributed by atoms with Crippen LogP contribution in [0.5, 0.6) is 0 Å². The smallest absolute Gasteiger partial charge is 0.211 e. The van der Waals surface area contributed by atoms with Crippen LogP contribution in [0.4, 0.5) is 5.95 Å². The lowest BCUT2D eigenvalue weighted by atomic mass is 10.4. The molecule has 1 heterocycles. The van der Waals surface area contributed by atoms with Gasteiger partial charge in [0.25, 0.3) is 0 Å². The molecule has 0 saturated heterocycles. The molecule has 0 unspecified atom stereocenters. The van der Waals surface area contributed by atoms with Crippen molar-refractivity contribution in [2.45, 2.75) is 13.3 Å². The molecule has 1 aromatic heterocycles. The molecule has 0 bridgehead atoms. The van der Waals surface area contributed by atoms with Crippen molar-refractivity contribution in [1.82, 2.24) is 13.9 Å². The van der Waals surface area contributed by atoms with Crippen LogP contribution in [0.15, 0.2) is 12.4 Å². The fourth-order valence-corrected chi connectivity index (χ4v) is 2.48. The summed E-state index contributed by atoms with van der Waals surface area (Å²) < 4.78 is 26.0. The van der Waals surface area contributed by atoms with Crippen LogP contribution < -0.4 is 5.32 Å². The van der Waals surface area contributed by atoms with E-state index in [2.05, 4.69) is 10.3 Å². The Morgan fingerprint density at radius 1 is 1.53 bits per heavy atom. The first-order valence-corrected chi connectivity index (χ1v) is 7.46. The van der Waals surface area contributed by atoms with Crippen LogP contribution >= 0.6 is 0 Å². The molecule has 1 aromatic rings. The maximum atomic E-state index is 11.3. The SMILES string of the molecule is CCN(CCCNc1nccn1C)S(C)(=O)=O. The number of rotatable bonds is 7. The summed E-state index contributed by atoms with van der Waals surface area (Å²) in [7, 11) is -1.17. The third-order valence-electron chi connectivity index (χ3n) is 2.51. The molecule has 0 aliphatic heterocycles. The van der Waals surface area contributed by atoms with Crippen molar-refractivity contribution >= 4 is 16.0 Å². The van der Waals surface area contributed by atoms with Crippen LogP contribution in [0.1, 0.15) is 13.3 Å². The van der Waals surface area contributed by atoms with Gasteiger partial charge in [-0.15, -0.1) is 0 Å². The van der Waals surface area contributed by atoms with E-state index in [9.17, 15) is 8.42 Å². The summed E-state index contributed by atoms with van der Waals surface area (Å²) in [5.74, 6) is 0.799. The molecule has 7 heteroatoms. The fourth-order valence-electron chi connectivity index (χ4n) is 1.55. The Morgan fingerprint density at radius 3 is 2.71 bits per heavy atom. The molecule has 0 aliphatic carbocycles. The maximum Gasteiger partial charge on any atom is 0.211 e. The van der Waals surface area contributed by atoms with Crippen molar-refractivity contribution < 1.29 is 8.42 Å². The monoisotopic (exact) mass is 260 g/mol. The number of aromatic nitrogens is 2. The molecule has 0 saturated carbocycles. The van der Waals surface area contributed by atoms with Crippen LogP contribution in [-0.4, -0.2) is 48.2 Å². The van der Waals surface area contributed by atoms with E-state index < -0.39 is 10.0 Å². The number of imidazole rings is 1. The normalized spacial score (nSPS) is 12.0. The van der Waals surface area contributed by atoms with E-state index in [0.717, 1.165) is 12.4 Å². The van der Waals surface area contributed by atoms with Crippen molar-refractivity contribution in [1.29, 1.82) is 0 Å². The third kappa shape index (κ3) is 4.35. The Morgan fingerprint density at radius 2 is 2.24 bits per heavy atom. The average Bonchev–Trinajstić information content (AvgIpc) is 2.62. The van der Waals surface area contributed by atoms with Crippen molar-refractivity contribution in [3.05, 3.63) is 12.4 Å². The Hall–Kier alpha value is -1.08. The van der Waals surface area contributed by atoms with Crippen molar-refractivity contribution in [2.24, 2.45) is 7.05 Å². The highest BCUT2D eigenvalue weighted by Gasteiger charge is 2.13. The van der Waals surface area contributed by atoms with Gasteiger partial charge in [0, 0.05) is 39.1 Å². The molecule has 0 aromatic carbocycles. The van der Waals surface area contributed by atoms with Gasteiger partial charge in [-0.2, -0.15) is 0 Å². The zero-order valence-corrected chi connectivity index (χ0v) is 11.4. The molecule has 0 atom stereocenters. The first-order valence-electron chi connectivity index (χ1n) is 5.61. The summed E-state index contributed by atoms with van der Waals surface area (Å²) in [5.41, 5.74) is 0. The predicted molar refractivity (Wildman–Crippen MR) is 68.4 cm³/mol. The highest BCUT2D eigenvalue weighted by atomic mass is 32.2. The van der Waals surface area contributed by atoms with Crippen LogP contribution in [0.2, 0.25) is 0 Å². The lowest BCUT2D eigenvalue weighted by molar-refractivity contribution is 0.428. The van der Waals surface area contributed by atoms with E-state index in [-0.39, 0.29) is 0 Å². The summed E-state index contributed by atoms with van der Waals surface area (Å²) in [6.07, 6.45) is 5.57. The number of nitrogens with zero attached hydrogens (tertiary/aromatic N) is 3. The Balaban J connectivity index is 2.31. The first-order chi connectivity index (χ1) is 7.95. The number of aryl methyl sites for hydroxylation is 1. The molecule has 0 amide bonds. The molecule has 0 aliphatic rings. The molecule has 0 radical (unpaired) electrons. The summed E-state index contributed by atoms with van der Waals surface area (Å²) in [5, 5.41) is 3.15. The van der Waals surface area contributed by atoms with E-state index in [0.29, 0.717) is 19.6 Å². The lowest BCUT2D eigenvalue weighted by Gasteiger charge is -2.17. The quantitative estimate of drug-likeness (QED) is 0.725. The second-order valence-corrected chi connectivity index (χ2v) is 5.88. The van der Waals surface area contributed by atoms with E-state index >= 15 is 0 Å². The molecular formula is C10H20N4O2S. The topological polar surface area (TPSA) is 67.2 Å². The minimum Gasteiger partial charge on any atom is -0.356 e. The van der Waals surface area contributed by atoms with Crippen molar-refractivity contribution in [2.75, 3.05) is 31.2 Å². The molecule has 17 heavy (non-hydrogen) atoms. The first kappa shape index (κ1) is 14.0. The van der Waals surface area contributed by atoms with E-state index in [1.165, 1.54) is 10.6 Å². The van der Waals surface area contributed by atoms with Gasteiger partial charge in [0.05, 0.1) is 6.26 Å². The van der Waals surface area contributed by atoms with Gasteiger partial charge in [-0.05, 0) is 6.42 Å². The van der Waals surface area contributed by atoms with Crippen molar-refractivity contribution in [3.63, 3.8) is 0 Å². The summed E-state index contributed by atoms with van der Waals surface area (Å²) in [4.78, 5) is 4.12. The van der Waals surface area contributed by atoms with E-state index in [1.54, 1.807) is 6.20 Å². The van der Waals surface area contributed by atoms with Crippen LogP contribution in [-0.2, 0) is 17.1 Å². The van der Waals surface area contributed by atoms with Gasteiger partial charge < -0.3 is 9.88 Å².